The number of thioether (sulfide) groups is 1. The van der Waals surface area contributed by atoms with E-state index >= 15 is 0 Å². The van der Waals surface area contributed by atoms with Crippen LogP contribution >= 0.6 is 23.1 Å². The van der Waals surface area contributed by atoms with Crippen molar-refractivity contribution in [2.24, 2.45) is 7.05 Å². The van der Waals surface area contributed by atoms with Crippen molar-refractivity contribution in [3.05, 3.63) is 50.6 Å². The van der Waals surface area contributed by atoms with Gasteiger partial charge in [0, 0.05) is 17.6 Å². The van der Waals surface area contributed by atoms with Crippen molar-refractivity contribution in [2.75, 3.05) is 5.32 Å². The summed E-state index contributed by atoms with van der Waals surface area (Å²) in [5.74, 6) is -0.101. The van der Waals surface area contributed by atoms with Crippen LogP contribution in [0.25, 0.3) is 10.2 Å². The number of carbonyl (C=O) groups excluding carboxylic acids is 1. The fraction of sp³-hybridized carbons (Fsp3) is 0.381. The van der Waals surface area contributed by atoms with Crippen LogP contribution in [0.3, 0.4) is 0 Å². The fourth-order valence-electron chi connectivity index (χ4n) is 3.55. The molecule has 1 aliphatic rings. The van der Waals surface area contributed by atoms with Crippen LogP contribution in [0, 0.1) is 6.92 Å². The molecule has 4 rings (SSSR count). The minimum atomic E-state index is -0.370. The van der Waals surface area contributed by atoms with E-state index in [1.807, 2.05) is 38.1 Å². The molecule has 1 aliphatic carbocycles. The van der Waals surface area contributed by atoms with Gasteiger partial charge in [-0.1, -0.05) is 23.9 Å². The maximum Gasteiger partial charge on any atom is 0.262 e. The van der Waals surface area contributed by atoms with E-state index in [0.29, 0.717) is 5.16 Å². The van der Waals surface area contributed by atoms with Crippen molar-refractivity contribution in [3.63, 3.8) is 0 Å². The first-order chi connectivity index (χ1) is 13.4. The third-order valence-electron chi connectivity index (χ3n) is 5.09. The fourth-order valence-corrected chi connectivity index (χ4v) is 5.73. The molecule has 0 fully saturated rings. The molecule has 2 heterocycles. The van der Waals surface area contributed by atoms with Crippen molar-refractivity contribution in [3.8, 4) is 0 Å². The molecule has 1 N–H and O–H groups in total. The molecule has 1 atom stereocenters. The van der Waals surface area contributed by atoms with E-state index in [4.69, 9.17) is 4.98 Å². The maximum absolute atomic E-state index is 13.0. The summed E-state index contributed by atoms with van der Waals surface area (Å²) in [6, 6.07) is 7.72. The van der Waals surface area contributed by atoms with Crippen LogP contribution in [0.2, 0.25) is 0 Å². The summed E-state index contributed by atoms with van der Waals surface area (Å²) in [5, 5.41) is 3.94. The Morgan fingerprint density at radius 1 is 1.32 bits per heavy atom. The van der Waals surface area contributed by atoms with Crippen molar-refractivity contribution in [1.29, 1.82) is 0 Å². The molecule has 1 aromatic carbocycles. The summed E-state index contributed by atoms with van der Waals surface area (Å²) in [6.45, 7) is 3.83. The van der Waals surface area contributed by atoms with E-state index in [1.165, 1.54) is 28.6 Å². The SMILES string of the molecule is Cc1cccc(NC(=O)[C@H](C)Sc2nc3sc4c(c3c(=O)n2C)CCCC4)c1. The molecule has 0 radical (unpaired) electrons. The van der Waals surface area contributed by atoms with Gasteiger partial charge in [0.1, 0.15) is 4.83 Å². The zero-order valence-electron chi connectivity index (χ0n) is 16.2. The van der Waals surface area contributed by atoms with Crippen LogP contribution in [0.5, 0.6) is 0 Å². The number of hydrogen-bond donors (Lipinski definition) is 1. The molecule has 0 spiro atoms. The smallest absolute Gasteiger partial charge is 0.262 e. The van der Waals surface area contributed by atoms with Gasteiger partial charge in [0.05, 0.1) is 10.6 Å². The zero-order valence-corrected chi connectivity index (χ0v) is 17.9. The number of amides is 1. The molecular weight excluding hydrogens is 390 g/mol. The van der Waals surface area contributed by atoms with Crippen molar-refractivity contribution in [2.45, 2.75) is 49.9 Å². The van der Waals surface area contributed by atoms with Crippen molar-refractivity contribution in [1.82, 2.24) is 9.55 Å². The number of rotatable bonds is 4. The predicted octanol–water partition coefficient (Wildman–Crippen LogP) is 4.30. The lowest BCUT2D eigenvalue weighted by Gasteiger charge is -2.14. The van der Waals surface area contributed by atoms with Gasteiger partial charge < -0.3 is 5.32 Å². The van der Waals surface area contributed by atoms with Crippen molar-refractivity contribution < 1.29 is 4.79 Å². The number of thiophene rings is 1. The van der Waals surface area contributed by atoms with E-state index in [2.05, 4.69) is 5.32 Å². The van der Waals surface area contributed by atoms with Crippen LogP contribution in [0.15, 0.2) is 34.2 Å². The standard InChI is InChI=1S/C21H23N3O2S2/c1-12-7-6-8-14(11-12)22-18(25)13(2)27-21-23-19-17(20(26)24(21)3)15-9-4-5-10-16(15)28-19/h6-8,11,13H,4-5,9-10H2,1-3H3,(H,22,25)/t13-/m0/s1. The second-order valence-electron chi connectivity index (χ2n) is 7.27. The lowest BCUT2D eigenvalue weighted by atomic mass is 9.97. The second kappa shape index (κ2) is 7.72. The minimum absolute atomic E-state index is 0.00167. The van der Waals surface area contributed by atoms with Gasteiger partial charge in [-0.2, -0.15) is 0 Å². The molecule has 0 saturated heterocycles. The first kappa shape index (κ1) is 19.2. The number of benzene rings is 1. The number of fused-ring (bicyclic) bond motifs is 3. The van der Waals surface area contributed by atoms with E-state index in [-0.39, 0.29) is 16.7 Å². The number of aryl methyl sites for hydroxylation is 3. The summed E-state index contributed by atoms with van der Waals surface area (Å²) in [6.07, 6.45) is 4.32. The highest BCUT2D eigenvalue weighted by atomic mass is 32.2. The molecular formula is C21H23N3O2S2. The zero-order chi connectivity index (χ0) is 19.8. The summed E-state index contributed by atoms with van der Waals surface area (Å²) in [4.78, 5) is 32.4. The van der Waals surface area contributed by atoms with Gasteiger partial charge >= 0.3 is 0 Å². The maximum atomic E-state index is 13.0. The number of aromatic nitrogens is 2. The Bertz CT molecular complexity index is 1120. The van der Waals surface area contributed by atoms with Crippen LogP contribution in [-0.2, 0) is 24.7 Å². The quantitative estimate of drug-likeness (QED) is 0.512. The monoisotopic (exact) mass is 413 g/mol. The molecule has 146 valence electrons. The van der Waals surface area contributed by atoms with Gasteiger partial charge in [-0.25, -0.2) is 4.98 Å². The number of hydrogen-bond acceptors (Lipinski definition) is 5. The molecule has 28 heavy (non-hydrogen) atoms. The largest absolute Gasteiger partial charge is 0.325 e. The van der Waals surface area contributed by atoms with E-state index in [0.717, 1.165) is 40.7 Å². The summed E-state index contributed by atoms with van der Waals surface area (Å²) < 4.78 is 1.59. The summed E-state index contributed by atoms with van der Waals surface area (Å²) in [7, 11) is 1.75. The first-order valence-electron chi connectivity index (χ1n) is 9.49. The highest BCUT2D eigenvalue weighted by Crippen LogP contribution is 2.35. The van der Waals surface area contributed by atoms with Crippen molar-refractivity contribution >= 4 is 44.9 Å². The van der Waals surface area contributed by atoms with Crippen LogP contribution in [-0.4, -0.2) is 20.7 Å². The van der Waals surface area contributed by atoms with E-state index in [9.17, 15) is 9.59 Å². The van der Waals surface area contributed by atoms with Gasteiger partial charge in [0.15, 0.2) is 5.16 Å². The van der Waals surface area contributed by atoms with Gasteiger partial charge in [-0.05, 0) is 62.8 Å². The van der Waals surface area contributed by atoms with E-state index < -0.39 is 0 Å². The lowest BCUT2D eigenvalue weighted by molar-refractivity contribution is -0.115. The highest BCUT2D eigenvalue weighted by Gasteiger charge is 2.23. The molecule has 0 aliphatic heterocycles. The summed E-state index contributed by atoms with van der Waals surface area (Å²) in [5.41, 5.74) is 3.06. The average Bonchev–Trinajstić information content (AvgIpc) is 3.04. The highest BCUT2D eigenvalue weighted by molar-refractivity contribution is 8.00. The summed E-state index contributed by atoms with van der Waals surface area (Å²) >= 11 is 2.96. The Hall–Kier alpha value is -2.12. The van der Waals surface area contributed by atoms with Crippen LogP contribution < -0.4 is 10.9 Å². The molecule has 0 saturated carbocycles. The lowest BCUT2D eigenvalue weighted by Crippen LogP contribution is -2.25. The Kier molecular flexibility index (Phi) is 5.29. The van der Waals surface area contributed by atoms with Gasteiger partial charge in [0.25, 0.3) is 5.56 Å². The van der Waals surface area contributed by atoms with E-state index in [1.54, 1.807) is 23.0 Å². The molecule has 7 heteroatoms. The van der Waals surface area contributed by atoms with Crippen LogP contribution in [0.4, 0.5) is 5.69 Å². The molecule has 2 aromatic heterocycles. The average molecular weight is 414 g/mol. The molecule has 0 bridgehead atoms. The first-order valence-corrected chi connectivity index (χ1v) is 11.2. The Labute approximate surface area is 172 Å². The molecule has 1 amide bonds. The Balaban J connectivity index is 1.59. The van der Waals surface area contributed by atoms with Crippen LogP contribution in [0.1, 0.15) is 35.8 Å². The third-order valence-corrected chi connectivity index (χ3v) is 7.42. The molecule has 0 unspecified atom stereocenters. The number of carbonyl (C=O) groups is 1. The Morgan fingerprint density at radius 3 is 2.89 bits per heavy atom. The molecule has 3 aromatic rings. The predicted molar refractivity (Wildman–Crippen MR) is 117 cm³/mol. The number of nitrogens with one attached hydrogen (secondary N) is 1. The number of nitrogens with zero attached hydrogens (tertiary/aromatic N) is 2. The van der Waals surface area contributed by atoms with Gasteiger partial charge in [-0.15, -0.1) is 11.3 Å². The topological polar surface area (TPSA) is 64.0 Å². The van der Waals surface area contributed by atoms with Gasteiger partial charge in [-0.3, -0.25) is 14.2 Å². The Morgan fingerprint density at radius 2 is 2.11 bits per heavy atom. The minimum Gasteiger partial charge on any atom is -0.325 e. The normalized spacial score (nSPS) is 14.7. The molecule has 5 nitrogen and oxygen atoms in total. The third kappa shape index (κ3) is 3.61. The second-order valence-corrected chi connectivity index (χ2v) is 9.66. The number of anilines is 1. The van der Waals surface area contributed by atoms with Gasteiger partial charge in [0.2, 0.25) is 5.91 Å².